The molecule has 1 fully saturated rings. The average Bonchev–Trinajstić information content (AvgIpc) is 2.89. The van der Waals surface area contributed by atoms with Crippen LogP contribution >= 0.6 is 24.0 Å². The summed E-state index contributed by atoms with van der Waals surface area (Å²) in [4.78, 5) is 24.7. The van der Waals surface area contributed by atoms with Gasteiger partial charge in [0, 0.05) is 6.07 Å². The van der Waals surface area contributed by atoms with E-state index in [2.05, 4.69) is 4.83 Å². The largest absolute Gasteiger partial charge is 0.502 e. The number of nitrogens with zero attached hydrogens (tertiary/aromatic N) is 2. The van der Waals surface area contributed by atoms with Gasteiger partial charge in [-0.3, -0.25) is 14.9 Å². The fraction of sp³-hybridized carbons (Fsp3) is 0. The molecule has 0 atom stereocenters. The van der Waals surface area contributed by atoms with Gasteiger partial charge in [-0.05, 0) is 35.9 Å². The van der Waals surface area contributed by atoms with Crippen LogP contribution in [-0.4, -0.2) is 33.7 Å². The molecule has 1 aliphatic heterocycles. The number of benzene rings is 2. The normalized spacial score (nSPS) is 16.0. The minimum atomic E-state index is -4.02. The number of carbonyl (C=O) groups excluding carboxylic acids is 1. The van der Waals surface area contributed by atoms with E-state index in [9.17, 15) is 28.4 Å². The van der Waals surface area contributed by atoms with Gasteiger partial charge in [-0.15, -0.1) is 4.83 Å². The molecule has 144 valence electrons. The Morgan fingerprint density at radius 3 is 2.50 bits per heavy atom. The van der Waals surface area contributed by atoms with Crippen molar-refractivity contribution in [3.05, 3.63) is 69.1 Å². The molecule has 0 aromatic heterocycles. The van der Waals surface area contributed by atoms with E-state index in [0.29, 0.717) is 5.56 Å². The predicted molar refractivity (Wildman–Crippen MR) is 107 cm³/mol. The minimum Gasteiger partial charge on any atom is -0.502 e. The molecule has 0 bridgehead atoms. The van der Waals surface area contributed by atoms with Crippen molar-refractivity contribution in [3.63, 3.8) is 0 Å². The fourth-order valence-corrected chi connectivity index (χ4v) is 4.59. The minimum absolute atomic E-state index is 0.0260. The second-order valence-electron chi connectivity index (χ2n) is 5.43. The number of thiocarbonyl (C=S) groups is 1. The Kier molecular flexibility index (Phi) is 5.47. The zero-order valence-electron chi connectivity index (χ0n) is 13.8. The van der Waals surface area contributed by atoms with Gasteiger partial charge in [0.15, 0.2) is 10.1 Å². The van der Waals surface area contributed by atoms with E-state index < -0.39 is 32.3 Å². The van der Waals surface area contributed by atoms with Crippen molar-refractivity contribution in [2.45, 2.75) is 4.90 Å². The highest BCUT2D eigenvalue weighted by molar-refractivity contribution is 8.26. The van der Waals surface area contributed by atoms with E-state index in [1.54, 1.807) is 18.2 Å². The molecule has 0 radical (unpaired) electrons. The van der Waals surface area contributed by atoms with Crippen LogP contribution in [0, 0.1) is 10.1 Å². The van der Waals surface area contributed by atoms with E-state index in [4.69, 9.17) is 12.2 Å². The van der Waals surface area contributed by atoms with E-state index >= 15 is 0 Å². The smallest absolute Gasteiger partial charge is 0.310 e. The summed E-state index contributed by atoms with van der Waals surface area (Å²) in [5.41, 5.74) is -0.158. The number of sulfonamides is 1. The molecule has 2 aromatic carbocycles. The molecule has 12 heteroatoms. The van der Waals surface area contributed by atoms with E-state index in [1.165, 1.54) is 24.3 Å². The third kappa shape index (κ3) is 4.04. The van der Waals surface area contributed by atoms with Gasteiger partial charge in [0.1, 0.15) is 0 Å². The summed E-state index contributed by atoms with van der Waals surface area (Å²) >= 11 is 5.93. The molecule has 0 spiro atoms. The van der Waals surface area contributed by atoms with Crippen LogP contribution in [0.25, 0.3) is 6.08 Å². The van der Waals surface area contributed by atoms with Crippen LogP contribution in [0.2, 0.25) is 0 Å². The molecule has 2 N–H and O–H groups in total. The summed E-state index contributed by atoms with van der Waals surface area (Å²) in [6.07, 6.45) is 1.35. The van der Waals surface area contributed by atoms with E-state index in [1.807, 2.05) is 0 Å². The van der Waals surface area contributed by atoms with E-state index in [0.717, 1.165) is 28.9 Å². The van der Waals surface area contributed by atoms with Crippen LogP contribution in [0.1, 0.15) is 5.56 Å². The summed E-state index contributed by atoms with van der Waals surface area (Å²) in [6.45, 7) is 0. The number of rotatable bonds is 5. The first kappa shape index (κ1) is 19.9. The van der Waals surface area contributed by atoms with Gasteiger partial charge in [0.25, 0.3) is 15.9 Å². The first-order valence-corrected chi connectivity index (χ1v) is 10.2. The Morgan fingerprint density at radius 1 is 1.21 bits per heavy atom. The highest BCUT2D eigenvalue weighted by atomic mass is 32.2. The van der Waals surface area contributed by atoms with Crippen LogP contribution in [0.3, 0.4) is 0 Å². The van der Waals surface area contributed by atoms with Crippen LogP contribution in [0.4, 0.5) is 5.69 Å². The quantitative estimate of drug-likeness (QED) is 0.316. The van der Waals surface area contributed by atoms with Crippen molar-refractivity contribution in [3.8, 4) is 5.75 Å². The molecule has 1 amide bonds. The Bertz CT molecular complexity index is 1120. The lowest BCUT2D eigenvalue weighted by Gasteiger charge is -2.15. The number of nitro benzene ring substituents is 1. The fourth-order valence-electron chi connectivity index (χ4n) is 2.25. The zero-order chi connectivity index (χ0) is 20.5. The molecule has 28 heavy (non-hydrogen) atoms. The summed E-state index contributed by atoms with van der Waals surface area (Å²) in [5.74, 6) is -1.26. The number of nitrogens with one attached hydrogen (secondary N) is 1. The molecule has 9 nitrogen and oxygen atoms in total. The number of phenolic OH excluding ortho intramolecular Hbond substituents is 1. The number of amides is 1. The molecule has 1 saturated heterocycles. The monoisotopic (exact) mass is 437 g/mol. The number of phenols is 1. The Labute approximate surface area is 168 Å². The van der Waals surface area contributed by atoms with Crippen molar-refractivity contribution in [1.82, 2.24) is 9.84 Å². The maximum absolute atomic E-state index is 12.5. The Hall–Kier alpha value is -2.80. The lowest BCUT2D eigenvalue weighted by atomic mass is 10.1. The molecule has 1 heterocycles. The maximum atomic E-state index is 12.5. The number of aromatic hydroxyl groups is 1. The number of carbonyl (C=O) groups is 1. The third-order valence-electron chi connectivity index (χ3n) is 3.55. The third-order valence-corrected chi connectivity index (χ3v) is 6.17. The van der Waals surface area contributed by atoms with Crippen LogP contribution in [-0.2, 0) is 14.8 Å². The number of hydrogen-bond acceptors (Lipinski definition) is 8. The van der Waals surface area contributed by atoms with Crippen molar-refractivity contribution >= 4 is 56.0 Å². The molecule has 2 aromatic rings. The Balaban J connectivity index is 1.85. The summed E-state index contributed by atoms with van der Waals surface area (Å²) in [5, 5.41) is 21.2. The van der Waals surface area contributed by atoms with Crippen LogP contribution < -0.4 is 4.83 Å². The molecular weight excluding hydrogens is 426 g/mol. The van der Waals surface area contributed by atoms with Gasteiger partial charge in [0.05, 0.1) is 14.7 Å². The second-order valence-corrected chi connectivity index (χ2v) is 8.77. The second kappa shape index (κ2) is 7.67. The van der Waals surface area contributed by atoms with Crippen LogP contribution in [0.5, 0.6) is 5.75 Å². The molecule has 0 aliphatic carbocycles. The van der Waals surface area contributed by atoms with Gasteiger partial charge >= 0.3 is 5.69 Å². The molecule has 0 saturated carbocycles. The van der Waals surface area contributed by atoms with Gasteiger partial charge in [0.2, 0.25) is 0 Å². The van der Waals surface area contributed by atoms with Crippen molar-refractivity contribution in [1.29, 1.82) is 0 Å². The SMILES string of the molecule is O=C1/C(=C\c2ccc([N+](=O)[O-])c(O)c2)SC(=S)N1NS(=O)(=O)c1ccccc1. The molecular formula is C16H11N3O6S3. The molecule has 0 unspecified atom stereocenters. The van der Waals surface area contributed by atoms with Crippen molar-refractivity contribution < 1.29 is 23.2 Å². The number of nitro groups is 1. The summed E-state index contributed by atoms with van der Waals surface area (Å²) < 4.78 is 24.8. The van der Waals surface area contributed by atoms with Gasteiger partial charge in [-0.25, -0.2) is 13.4 Å². The van der Waals surface area contributed by atoms with Crippen LogP contribution in [0.15, 0.2) is 58.3 Å². The van der Waals surface area contributed by atoms with Crippen molar-refractivity contribution in [2.75, 3.05) is 0 Å². The molecule has 3 rings (SSSR count). The van der Waals surface area contributed by atoms with Gasteiger partial charge in [-0.2, -0.15) is 0 Å². The number of hydrazine groups is 1. The van der Waals surface area contributed by atoms with Crippen molar-refractivity contribution in [2.24, 2.45) is 0 Å². The first-order chi connectivity index (χ1) is 13.2. The first-order valence-electron chi connectivity index (χ1n) is 7.52. The Morgan fingerprint density at radius 2 is 1.89 bits per heavy atom. The lowest BCUT2D eigenvalue weighted by molar-refractivity contribution is -0.385. The standard InChI is InChI=1S/C16H11N3O6S3/c20-13-8-10(6-7-12(13)19(22)23)9-14-15(21)18(16(26)27-14)17-28(24,25)11-4-2-1-3-5-11/h1-9,17,20H/b14-9+. The highest BCUT2D eigenvalue weighted by Crippen LogP contribution is 2.34. The topological polar surface area (TPSA) is 130 Å². The van der Waals surface area contributed by atoms with Gasteiger partial charge < -0.3 is 5.11 Å². The molecule has 1 aliphatic rings. The zero-order valence-corrected chi connectivity index (χ0v) is 16.3. The summed E-state index contributed by atoms with van der Waals surface area (Å²) in [7, 11) is -4.02. The summed E-state index contributed by atoms with van der Waals surface area (Å²) in [6, 6.07) is 11.0. The number of thioether (sulfide) groups is 1. The maximum Gasteiger partial charge on any atom is 0.310 e. The highest BCUT2D eigenvalue weighted by Gasteiger charge is 2.35. The number of hydrogen-bond donors (Lipinski definition) is 2. The average molecular weight is 437 g/mol. The van der Waals surface area contributed by atoms with E-state index in [-0.39, 0.29) is 14.1 Å². The predicted octanol–water partition coefficient (Wildman–Crippen LogP) is 2.40. The van der Waals surface area contributed by atoms with Gasteiger partial charge in [-0.1, -0.05) is 42.2 Å². The lowest BCUT2D eigenvalue weighted by Crippen LogP contribution is -2.44.